The molecule has 2 aromatic rings. The van der Waals surface area contributed by atoms with Gasteiger partial charge in [0.1, 0.15) is 23.0 Å². The van der Waals surface area contributed by atoms with Crippen molar-refractivity contribution < 1.29 is 13.9 Å². The number of carbonyl (C=O) groups excluding carboxylic acids is 1. The van der Waals surface area contributed by atoms with E-state index in [0.29, 0.717) is 31.1 Å². The van der Waals surface area contributed by atoms with E-state index < -0.39 is 5.63 Å². The molecule has 27 heavy (non-hydrogen) atoms. The van der Waals surface area contributed by atoms with Crippen molar-refractivity contribution in [2.45, 2.75) is 45.6 Å². The molecule has 8 heteroatoms. The van der Waals surface area contributed by atoms with Crippen molar-refractivity contribution in [1.82, 2.24) is 20.1 Å². The number of hydrogen-bond acceptors (Lipinski definition) is 6. The van der Waals surface area contributed by atoms with Gasteiger partial charge < -0.3 is 19.0 Å². The third kappa shape index (κ3) is 3.53. The molecule has 2 aromatic heterocycles. The van der Waals surface area contributed by atoms with E-state index in [1.165, 1.54) is 0 Å². The Balaban J connectivity index is 1.42. The van der Waals surface area contributed by atoms with Gasteiger partial charge >= 0.3 is 5.63 Å². The second-order valence-electron chi connectivity index (χ2n) is 7.44. The number of fused-ring (bicyclic) bond motifs is 1. The van der Waals surface area contributed by atoms with E-state index in [1.807, 2.05) is 13.0 Å². The van der Waals surface area contributed by atoms with E-state index in [9.17, 15) is 9.59 Å². The number of nitrogens with one attached hydrogen (secondary N) is 1. The molecular weight excluding hydrogens is 348 g/mol. The third-order valence-electron chi connectivity index (χ3n) is 5.49. The van der Waals surface area contributed by atoms with E-state index >= 15 is 0 Å². The Bertz CT molecular complexity index is 911. The highest BCUT2D eigenvalue weighted by molar-refractivity contribution is 5.95. The molecule has 8 nitrogen and oxygen atoms in total. The van der Waals surface area contributed by atoms with Gasteiger partial charge in [-0.15, -0.1) is 10.2 Å². The maximum absolute atomic E-state index is 12.6. The standard InChI is InChI=1S/C19H24N4O4/c1-11-7-15(14-3-5-26-6-4-14)27-19(25)17(11)18(24)20-9-13-8-16-22-21-12(2)23(16)10-13/h7,13-14H,3-6,8-10H2,1-2H3,(H,20,24). The number of ether oxygens (including phenoxy) is 1. The van der Waals surface area contributed by atoms with Crippen molar-refractivity contribution in [3.63, 3.8) is 0 Å². The lowest BCUT2D eigenvalue weighted by Crippen LogP contribution is -2.34. The minimum Gasteiger partial charge on any atom is -0.427 e. The van der Waals surface area contributed by atoms with Gasteiger partial charge in [-0.2, -0.15) is 0 Å². The first-order valence-electron chi connectivity index (χ1n) is 9.42. The molecule has 1 unspecified atom stereocenters. The van der Waals surface area contributed by atoms with Crippen LogP contribution in [-0.2, 0) is 17.7 Å². The number of carbonyl (C=O) groups is 1. The molecule has 0 spiro atoms. The van der Waals surface area contributed by atoms with Crippen LogP contribution in [0.3, 0.4) is 0 Å². The Morgan fingerprint density at radius 3 is 2.78 bits per heavy atom. The molecule has 1 saturated heterocycles. The maximum Gasteiger partial charge on any atom is 0.349 e. The minimum absolute atomic E-state index is 0.0967. The van der Waals surface area contributed by atoms with Gasteiger partial charge in [-0.25, -0.2) is 4.79 Å². The zero-order valence-corrected chi connectivity index (χ0v) is 15.7. The Kier molecular flexibility index (Phi) is 4.82. The van der Waals surface area contributed by atoms with Crippen molar-refractivity contribution in [1.29, 1.82) is 0 Å². The number of amides is 1. The van der Waals surface area contributed by atoms with Crippen LogP contribution in [0.25, 0.3) is 0 Å². The Morgan fingerprint density at radius 1 is 1.30 bits per heavy atom. The van der Waals surface area contributed by atoms with Crippen molar-refractivity contribution in [2.24, 2.45) is 5.92 Å². The fraction of sp³-hybridized carbons (Fsp3) is 0.579. The first-order chi connectivity index (χ1) is 13.0. The number of aromatic nitrogens is 3. The van der Waals surface area contributed by atoms with Crippen LogP contribution in [0.4, 0.5) is 0 Å². The quantitative estimate of drug-likeness (QED) is 0.870. The van der Waals surface area contributed by atoms with Crippen LogP contribution in [-0.4, -0.2) is 40.4 Å². The van der Waals surface area contributed by atoms with Crippen molar-refractivity contribution in [2.75, 3.05) is 19.8 Å². The van der Waals surface area contributed by atoms with E-state index in [-0.39, 0.29) is 23.3 Å². The summed E-state index contributed by atoms with van der Waals surface area (Å²) in [6, 6.07) is 1.83. The van der Waals surface area contributed by atoms with Gasteiger partial charge in [0.2, 0.25) is 0 Å². The summed E-state index contributed by atoms with van der Waals surface area (Å²) in [4.78, 5) is 25.0. The van der Waals surface area contributed by atoms with E-state index in [1.54, 1.807) is 6.92 Å². The number of hydrogen-bond donors (Lipinski definition) is 1. The van der Waals surface area contributed by atoms with Crippen molar-refractivity contribution in [3.05, 3.63) is 45.0 Å². The van der Waals surface area contributed by atoms with Crippen LogP contribution in [0.2, 0.25) is 0 Å². The smallest absolute Gasteiger partial charge is 0.349 e. The fourth-order valence-electron chi connectivity index (χ4n) is 3.95. The lowest BCUT2D eigenvalue weighted by molar-refractivity contribution is 0.0795. The highest BCUT2D eigenvalue weighted by Crippen LogP contribution is 2.27. The van der Waals surface area contributed by atoms with Crippen LogP contribution in [0.5, 0.6) is 0 Å². The molecule has 0 bridgehead atoms. The van der Waals surface area contributed by atoms with Crippen LogP contribution < -0.4 is 10.9 Å². The number of nitrogens with zero attached hydrogens (tertiary/aromatic N) is 3. The van der Waals surface area contributed by atoms with Crippen LogP contribution in [0.1, 0.15) is 52.1 Å². The molecule has 0 aromatic carbocycles. The van der Waals surface area contributed by atoms with Gasteiger partial charge in [0.15, 0.2) is 0 Å². The Morgan fingerprint density at radius 2 is 2.07 bits per heavy atom. The van der Waals surface area contributed by atoms with Crippen LogP contribution in [0.15, 0.2) is 15.3 Å². The molecule has 4 rings (SSSR count). The summed E-state index contributed by atoms with van der Waals surface area (Å²) in [5.74, 6) is 2.55. The summed E-state index contributed by atoms with van der Waals surface area (Å²) in [6.45, 7) is 6.32. The number of aryl methyl sites for hydroxylation is 2. The number of rotatable bonds is 4. The summed E-state index contributed by atoms with van der Waals surface area (Å²) < 4.78 is 12.9. The first kappa shape index (κ1) is 17.9. The monoisotopic (exact) mass is 372 g/mol. The molecule has 0 aliphatic carbocycles. The summed E-state index contributed by atoms with van der Waals surface area (Å²) in [5.41, 5.74) is 0.192. The molecule has 4 heterocycles. The normalized spacial score (nSPS) is 19.9. The van der Waals surface area contributed by atoms with Gasteiger partial charge in [0.25, 0.3) is 5.91 Å². The average molecular weight is 372 g/mol. The minimum atomic E-state index is -0.562. The van der Waals surface area contributed by atoms with Gasteiger partial charge in [0.05, 0.1) is 0 Å². The zero-order chi connectivity index (χ0) is 19.0. The predicted octanol–water partition coefficient (Wildman–Crippen LogP) is 1.34. The highest BCUT2D eigenvalue weighted by atomic mass is 16.5. The van der Waals surface area contributed by atoms with Crippen LogP contribution in [0, 0.1) is 19.8 Å². The molecule has 144 valence electrons. The largest absolute Gasteiger partial charge is 0.427 e. The van der Waals surface area contributed by atoms with E-state index in [4.69, 9.17) is 9.15 Å². The van der Waals surface area contributed by atoms with Crippen LogP contribution >= 0.6 is 0 Å². The molecule has 2 aliphatic rings. The predicted molar refractivity (Wildman–Crippen MR) is 96.8 cm³/mol. The molecular formula is C19H24N4O4. The van der Waals surface area contributed by atoms with E-state index in [0.717, 1.165) is 37.5 Å². The van der Waals surface area contributed by atoms with Gasteiger partial charge in [-0.1, -0.05) is 0 Å². The Labute approximate surface area is 156 Å². The lowest BCUT2D eigenvalue weighted by Gasteiger charge is -2.21. The average Bonchev–Trinajstić information content (AvgIpc) is 3.22. The second-order valence-corrected chi connectivity index (χ2v) is 7.44. The van der Waals surface area contributed by atoms with E-state index in [2.05, 4.69) is 20.1 Å². The summed E-state index contributed by atoms with van der Waals surface area (Å²) in [5, 5.41) is 11.1. The second kappa shape index (κ2) is 7.26. The van der Waals surface area contributed by atoms with Gasteiger partial charge in [-0.3, -0.25) is 4.79 Å². The molecule has 2 aliphatic heterocycles. The lowest BCUT2D eigenvalue weighted by atomic mass is 9.95. The highest BCUT2D eigenvalue weighted by Gasteiger charge is 2.27. The molecule has 1 N–H and O–H groups in total. The molecule has 1 atom stereocenters. The molecule has 0 saturated carbocycles. The topological polar surface area (TPSA) is 99.2 Å². The summed E-state index contributed by atoms with van der Waals surface area (Å²) in [6.07, 6.45) is 2.44. The zero-order valence-electron chi connectivity index (χ0n) is 15.7. The molecule has 1 fully saturated rings. The molecule has 0 radical (unpaired) electrons. The van der Waals surface area contributed by atoms with Crippen molar-refractivity contribution >= 4 is 5.91 Å². The summed E-state index contributed by atoms with van der Waals surface area (Å²) >= 11 is 0. The summed E-state index contributed by atoms with van der Waals surface area (Å²) in [7, 11) is 0. The SMILES string of the molecule is Cc1cc(C2CCOCC2)oc(=O)c1C(=O)NCC1Cc2nnc(C)n2C1. The Hall–Kier alpha value is -2.48. The first-order valence-corrected chi connectivity index (χ1v) is 9.42. The third-order valence-corrected chi connectivity index (χ3v) is 5.49. The maximum atomic E-state index is 12.6. The van der Waals surface area contributed by atoms with Gasteiger partial charge in [0, 0.05) is 44.6 Å². The fourth-order valence-corrected chi connectivity index (χ4v) is 3.95. The van der Waals surface area contributed by atoms with Gasteiger partial charge in [-0.05, 0) is 38.3 Å². The van der Waals surface area contributed by atoms with Crippen molar-refractivity contribution in [3.8, 4) is 0 Å². The molecule has 1 amide bonds.